The van der Waals surface area contributed by atoms with Gasteiger partial charge >= 0.3 is 6.03 Å². The summed E-state index contributed by atoms with van der Waals surface area (Å²) in [6.07, 6.45) is 0. The number of rotatable bonds is 6. The minimum absolute atomic E-state index is 0.184. The minimum Gasteiger partial charge on any atom is -0.497 e. The highest BCUT2D eigenvalue weighted by atomic mass is 16.5. The molecule has 0 atom stereocenters. The number of carbonyl (C=O) groups excluding carboxylic acids is 2. The summed E-state index contributed by atoms with van der Waals surface area (Å²) < 4.78 is 5.09. The van der Waals surface area contributed by atoms with Crippen LogP contribution in [0.3, 0.4) is 0 Å². The van der Waals surface area contributed by atoms with Crippen LogP contribution in [0.1, 0.15) is 22.8 Å². The molecule has 3 aromatic rings. The zero-order chi connectivity index (χ0) is 22.1. The number of hydrogen-bond acceptors (Lipinski definition) is 5. The average molecular weight is 414 g/mol. The van der Waals surface area contributed by atoms with Crippen LogP contribution in [0.4, 0.5) is 10.5 Å². The second-order valence-corrected chi connectivity index (χ2v) is 6.50. The van der Waals surface area contributed by atoms with Gasteiger partial charge < -0.3 is 10.1 Å². The Labute approximate surface area is 180 Å². The van der Waals surface area contributed by atoms with E-state index in [2.05, 4.69) is 20.8 Å². The quantitative estimate of drug-likeness (QED) is 0.269. The Morgan fingerprint density at radius 2 is 1.35 bits per heavy atom. The molecule has 31 heavy (non-hydrogen) atoms. The van der Waals surface area contributed by atoms with Crippen LogP contribution in [0, 0.1) is 0 Å². The molecule has 3 rings (SSSR count). The molecule has 0 saturated heterocycles. The molecule has 0 heterocycles. The lowest BCUT2D eigenvalue weighted by Gasteiger charge is -2.08. The Hall–Kier alpha value is -4.26. The summed E-state index contributed by atoms with van der Waals surface area (Å²) in [7, 11) is 1.57. The second kappa shape index (κ2) is 10.5. The van der Waals surface area contributed by atoms with Gasteiger partial charge in [-0.3, -0.25) is 10.1 Å². The number of ether oxygens (including phenoxy) is 1. The van der Waals surface area contributed by atoms with Crippen molar-refractivity contribution in [3.63, 3.8) is 0 Å². The SMILES string of the molecule is COc1ccc(NC(=O)N/C(C)=N\N=C(\C(=O)c2ccccc2)c2ccccc2)cc1. The number of amidine groups is 1. The smallest absolute Gasteiger partial charge is 0.324 e. The number of methoxy groups -OCH3 is 1. The molecule has 0 aliphatic heterocycles. The van der Waals surface area contributed by atoms with Crippen LogP contribution in [0.5, 0.6) is 5.75 Å². The standard InChI is InChI=1S/C24H22N4O3/c1-17(25-24(30)26-20-13-15-21(31-2)16-14-20)27-28-22(18-9-5-3-6-10-18)23(29)19-11-7-4-8-12-19/h3-16H,1-2H3,(H2,25,26,27,30)/b28-22+. The van der Waals surface area contributed by atoms with Gasteiger partial charge in [-0.2, -0.15) is 0 Å². The van der Waals surface area contributed by atoms with Gasteiger partial charge in [-0.05, 0) is 31.2 Å². The van der Waals surface area contributed by atoms with Crippen molar-refractivity contribution < 1.29 is 14.3 Å². The first-order valence-electron chi connectivity index (χ1n) is 9.56. The topological polar surface area (TPSA) is 92.2 Å². The van der Waals surface area contributed by atoms with Crippen LogP contribution >= 0.6 is 0 Å². The first kappa shape index (κ1) is 21.4. The molecule has 0 aromatic heterocycles. The number of nitrogens with zero attached hydrogens (tertiary/aromatic N) is 2. The zero-order valence-corrected chi connectivity index (χ0v) is 17.2. The van der Waals surface area contributed by atoms with E-state index in [1.165, 1.54) is 0 Å². The fourth-order valence-electron chi connectivity index (χ4n) is 2.71. The normalized spacial score (nSPS) is 11.5. The number of anilines is 1. The van der Waals surface area contributed by atoms with Gasteiger partial charge in [0.1, 0.15) is 17.3 Å². The minimum atomic E-state index is -0.475. The summed E-state index contributed by atoms with van der Waals surface area (Å²) in [4.78, 5) is 25.2. The monoisotopic (exact) mass is 414 g/mol. The van der Waals surface area contributed by atoms with Crippen LogP contribution in [0.2, 0.25) is 0 Å². The average Bonchev–Trinajstić information content (AvgIpc) is 2.80. The zero-order valence-electron chi connectivity index (χ0n) is 17.2. The van der Waals surface area contributed by atoms with Crippen molar-refractivity contribution in [2.75, 3.05) is 12.4 Å². The van der Waals surface area contributed by atoms with E-state index in [1.807, 2.05) is 24.3 Å². The van der Waals surface area contributed by atoms with Gasteiger partial charge in [0.2, 0.25) is 5.78 Å². The van der Waals surface area contributed by atoms with Crippen LogP contribution in [0.25, 0.3) is 0 Å². The fourth-order valence-corrected chi connectivity index (χ4v) is 2.71. The van der Waals surface area contributed by atoms with Crippen molar-refractivity contribution in [1.29, 1.82) is 0 Å². The number of ketones is 1. The molecule has 0 radical (unpaired) electrons. The maximum Gasteiger partial charge on any atom is 0.324 e. The molecule has 0 fully saturated rings. The molecule has 2 amide bonds. The Balaban J connectivity index is 1.76. The maximum atomic E-state index is 13.0. The lowest BCUT2D eigenvalue weighted by molar-refractivity contribution is 0.106. The summed E-state index contributed by atoms with van der Waals surface area (Å²) in [6.45, 7) is 1.59. The predicted octanol–water partition coefficient (Wildman–Crippen LogP) is 4.52. The summed E-state index contributed by atoms with van der Waals surface area (Å²) >= 11 is 0. The first-order chi connectivity index (χ1) is 15.1. The molecule has 3 aromatic carbocycles. The van der Waals surface area contributed by atoms with Gasteiger partial charge in [-0.15, -0.1) is 10.2 Å². The van der Waals surface area contributed by atoms with Crippen molar-refractivity contribution in [2.24, 2.45) is 10.2 Å². The molecule has 156 valence electrons. The van der Waals surface area contributed by atoms with Crippen molar-refractivity contribution in [1.82, 2.24) is 5.32 Å². The van der Waals surface area contributed by atoms with Gasteiger partial charge in [0.05, 0.1) is 7.11 Å². The first-order valence-corrected chi connectivity index (χ1v) is 9.56. The summed E-state index contributed by atoms with van der Waals surface area (Å²) in [6, 6.07) is 24.4. The van der Waals surface area contributed by atoms with E-state index in [0.29, 0.717) is 22.6 Å². The Kier molecular flexibility index (Phi) is 7.26. The van der Waals surface area contributed by atoms with Gasteiger partial charge in [0.15, 0.2) is 0 Å². The van der Waals surface area contributed by atoms with Crippen molar-refractivity contribution >= 4 is 29.0 Å². The van der Waals surface area contributed by atoms with Crippen molar-refractivity contribution in [3.05, 3.63) is 96.1 Å². The number of nitrogens with one attached hydrogen (secondary N) is 2. The molecule has 0 spiro atoms. The number of urea groups is 1. The molecular formula is C24H22N4O3. The van der Waals surface area contributed by atoms with Crippen LogP contribution in [-0.2, 0) is 0 Å². The van der Waals surface area contributed by atoms with E-state index in [4.69, 9.17) is 4.74 Å². The highest BCUT2D eigenvalue weighted by Gasteiger charge is 2.16. The predicted molar refractivity (Wildman–Crippen MR) is 122 cm³/mol. The molecule has 0 saturated carbocycles. The van der Waals surface area contributed by atoms with Crippen molar-refractivity contribution in [3.8, 4) is 5.75 Å². The molecule has 2 N–H and O–H groups in total. The lowest BCUT2D eigenvalue weighted by Crippen LogP contribution is -2.32. The highest BCUT2D eigenvalue weighted by molar-refractivity contribution is 6.51. The Morgan fingerprint density at radius 1 is 0.774 bits per heavy atom. The summed E-state index contributed by atoms with van der Waals surface area (Å²) in [5.74, 6) is 0.668. The van der Waals surface area contributed by atoms with Gasteiger partial charge in [0, 0.05) is 16.8 Å². The number of carbonyl (C=O) groups is 2. The molecule has 0 aliphatic rings. The van der Waals surface area contributed by atoms with E-state index in [1.54, 1.807) is 74.7 Å². The van der Waals surface area contributed by atoms with Crippen LogP contribution in [-0.4, -0.2) is 30.5 Å². The Bertz CT molecular complexity index is 1090. The third kappa shape index (κ3) is 6.11. The van der Waals surface area contributed by atoms with E-state index in [-0.39, 0.29) is 17.3 Å². The highest BCUT2D eigenvalue weighted by Crippen LogP contribution is 2.14. The van der Waals surface area contributed by atoms with Gasteiger partial charge in [-0.25, -0.2) is 4.79 Å². The largest absolute Gasteiger partial charge is 0.497 e. The molecule has 0 bridgehead atoms. The molecule has 0 aliphatic carbocycles. The van der Waals surface area contributed by atoms with E-state index < -0.39 is 6.03 Å². The summed E-state index contributed by atoms with van der Waals surface area (Å²) in [5.41, 5.74) is 1.92. The third-order valence-electron chi connectivity index (χ3n) is 4.24. The van der Waals surface area contributed by atoms with Gasteiger partial charge in [-0.1, -0.05) is 60.7 Å². The summed E-state index contributed by atoms with van der Waals surface area (Å²) in [5, 5.41) is 13.5. The van der Waals surface area contributed by atoms with Crippen LogP contribution in [0.15, 0.2) is 95.1 Å². The number of Topliss-reactive ketones (excluding diaryl/α,β-unsaturated/α-hetero) is 1. The van der Waals surface area contributed by atoms with E-state index in [0.717, 1.165) is 0 Å². The Morgan fingerprint density at radius 3 is 1.94 bits per heavy atom. The second-order valence-electron chi connectivity index (χ2n) is 6.50. The maximum absolute atomic E-state index is 13.0. The molecular weight excluding hydrogens is 392 g/mol. The lowest BCUT2D eigenvalue weighted by atomic mass is 10.0. The number of benzene rings is 3. The molecule has 7 heteroatoms. The van der Waals surface area contributed by atoms with E-state index in [9.17, 15) is 9.59 Å². The van der Waals surface area contributed by atoms with Crippen LogP contribution < -0.4 is 15.4 Å². The molecule has 7 nitrogen and oxygen atoms in total. The molecule has 0 unspecified atom stereocenters. The number of amides is 2. The fraction of sp³-hybridized carbons (Fsp3) is 0.0833. The van der Waals surface area contributed by atoms with Crippen molar-refractivity contribution in [2.45, 2.75) is 6.92 Å². The van der Waals surface area contributed by atoms with E-state index >= 15 is 0 Å². The number of hydrogen-bond donors (Lipinski definition) is 2. The van der Waals surface area contributed by atoms with Gasteiger partial charge in [0.25, 0.3) is 0 Å². The third-order valence-corrected chi connectivity index (χ3v) is 4.24.